The fourth-order valence-electron chi connectivity index (χ4n) is 2.69. The van der Waals surface area contributed by atoms with Gasteiger partial charge in [-0.25, -0.2) is 0 Å². The van der Waals surface area contributed by atoms with E-state index in [0.717, 1.165) is 30.4 Å². The molecule has 0 spiro atoms. The Morgan fingerprint density at radius 3 is 2.90 bits per heavy atom. The Kier molecular flexibility index (Phi) is 5.38. The minimum atomic E-state index is -0.0451. The van der Waals surface area contributed by atoms with Crippen molar-refractivity contribution in [2.24, 2.45) is 5.73 Å². The summed E-state index contributed by atoms with van der Waals surface area (Å²) in [7, 11) is 1.72. The number of methoxy groups -OCH3 is 1. The van der Waals surface area contributed by atoms with E-state index in [1.54, 1.807) is 7.11 Å². The molecule has 1 aromatic rings. The maximum Gasteiger partial charge on any atom is 0.251 e. The summed E-state index contributed by atoms with van der Waals surface area (Å²) >= 11 is 0. The third-order valence-corrected chi connectivity index (χ3v) is 3.73. The molecule has 21 heavy (non-hydrogen) atoms. The average Bonchev–Trinajstić information content (AvgIpc) is 2.92. The number of benzene rings is 1. The van der Waals surface area contributed by atoms with E-state index in [-0.39, 0.29) is 18.1 Å². The van der Waals surface area contributed by atoms with Crippen molar-refractivity contribution >= 4 is 5.91 Å². The van der Waals surface area contributed by atoms with E-state index in [4.69, 9.17) is 10.5 Å². The standard InChI is InChI=1S/C17H22N2O2/c1-12-8-13(4-3-7-18)10-14(9-12)17(20)19-15-5-6-16(11-15)21-2/h8-10,15-16H,5-7,11,18H2,1-2H3,(H,19,20). The Hall–Kier alpha value is -1.83. The zero-order valence-corrected chi connectivity index (χ0v) is 12.6. The topological polar surface area (TPSA) is 64.3 Å². The first-order chi connectivity index (χ1) is 10.1. The third-order valence-electron chi connectivity index (χ3n) is 3.73. The summed E-state index contributed by atoms with van der Waals surface area (Å²) in [5.41, 5.74) is 7.88. The average molecular weight is 286 g/mol. The van der Waals surface area contributed by atoms with Crippen LogP contribution in [0.2, 0.25) is 0 Å². The Bertz CT molecular complexity index is 572. The normalized spacial score (nSPS) is 20.7. The predicted octanol–water partition coefficient (Wildman–Crippen LogP) is 1.60. The van der Waals surface area contributed by atoms with Crippen molar-refractivity contribution in [3.8, 4) is 11.8 Å². The monoisotopic (exact) mass is 286 g/mol. The molecule has 0 radical (unpaired) electrons. The van der Waals surface area contributed by atoms with Crippen molar-refractivity contribution in [3.05, 3.63) is 34.9 Å². The SMILES string of the molecule is COC1CCC(NC(=O)c2cc(C)cc(C#CCN)c2)C1. The third kappa shape index (κ3) is 4.32. The largest absolute Gasteiger partial charge is 0.381 e. The number of amides is 1. The van der Waals surface area contributed by atoms with Gasteiger partial charge < -0.3 is 15.8 Å². The van der Waals surface area contributed by atoms with Gasteiger partial charge in [0, 0.05) is 24.3 Å². The smallest absolute Gasteiger partial charge is 0.251 e. The lowest BCUT2D eigenvalue weighted by Crippen LogP contribution is -2.33. The summed E-state index contributed by atoms with van der Waals surface area (Å²) in [5.74, 6) is 5.74. The van der Waals surface area contributed by atoms with Gasteiger partial charge >= 0.3 is 0 Å². The fraction of sp³-hybridized carbons (Fsp3) is 0.471. The fourth-order valence-corrected chi connectivity index (χ4v) is 2.69. The van der Waals surface area contributed by atoms with Gasteiger partial charge in [0.25, 0.3) is 5.91 Å². The Morgan fingerprint density at radius 1 is 1.43 bits per heavy atom. The molecule has 0 heterocycles. The molecule has 1 aliphatic carbocycles. The van der Waals surface area contributed by atoms with Crippen LogP contribution in [0.1, 0.15) is 40.7 Å². The lowest BCUT2D eigenvalue weighted by atomic mass is 10.1. The highest BCUT2D eigenvalue weighted by atomic mass is 16.5. The number of ether oxygens (including phenoxy) is 1. The number of carbonyl (C=O) groups excluding carboxylic acids is 1. The van der Waals surface area contributed by atoms with Gasteiger partial charge in [-0.05, 0) is 49.9 Å². The summed E-state index contributed by atoms with van der Waals surface area (Å²) in [4.78, 5) is 12.3. The van der Waals surface area contributed by atoms with Crippen molar-refractivity contribution in [2.75, 3.05) is 13.7 Å². The van der Waals surface area contributed by atoms with Gasteiger partial charge in [-0.1, -0.05) is 11.8 Å². The Labute approximate surface area is 126 Å². The van der Waals surface area contributed by atoms with Crippen LogP contribution in [-0.2, 0) is 4.74 Å². The van der Waals surface area contributed by atoms with E-state index in [9.17, 15) is 4.79 Å². The van der Waals surface area contributed by atoms with Crippen LogP contribution in [0.25, 0.3) is 0 Å². The van der Waals surface area contributed by atoms with Crippen molar-refractivity contribution in [2.45, 2.75) is 38.3 Å². The quantitative estimate of drug-likeness (QED) is 0.830. The molecule has 4 heteroatoms. The number of nitrogens with two attached hydrogens (primary N) is 1. The van der Waals surface area contributed by atoms with E-state index in [1.165, 1.54) is 0 Å². The minimum absolute atomic E-state index is 0.0451. The second kappa shape index (κ2) is 7.26. The van der Waals surface area contributed by atoms with Gasteiger partial charge in [0.05, 0.1) is 12.6 Å². The minimum Gasteiger partial charge on any atom is -0.381 e. The molecule has 1 aliphatic rings. The van der Waals surface area contributed by atoms with Gasteiger partial charge in [-0.2, -0.15) is 0 Å². The van der Waals surface area contributed by atoms with E-state index < -0.39 is 0 Å². The molecule has 0 bridgehead atoms. The highest BCUT2D eigenvalue weighted by Crippen LogP contribution is 2.22. The van der Waals surface area contributed by atoms with Crippen LogP contribution in [-0.4, -0.2) is 31.7 Å². The number of hydrogen-bond donors (Lipinski definition) is 2. The molecule has 0 aromatic heterocycles. The maximum absolute atomic E-state index is 12.3. The summed E-state index contributed by atoms with van der Waals surface area (Å²) in [6.07, 6.45) is 3.12. The molecule has 1 saturated carbocycles. The van der Waals surface area contributed by atoms with Crippen LogP contribution >= 0.6 is 0 Å². The second-order valence-corrected chi connectivity index (χ2v) is 5.43. The molecule has 1 aromatic carbocycles. The molecule has 2 unspecified atom stereocenters. The molecule has 0 aliphatic heterocycles. The molecule has 2 atom stereocenters. The van der Waals surface area contributed by atoms with E-state index in [0.29, 0.717) is 12.1 Å². The molecule has 112 valence electrons. The number of rotatable bonds is 3. The summed E-state index contributed by atoms with van der Waals surface area (Å²) in [5, 5.41) is 3.08. The van der Waals surface area contributed by atoms with E-state index in [1.807, 2.05) is 25.1 Å². The zero-order chi connectivity index (χ0) is 15.2. The van der Waals surface area contributed by atoms with Crippen molar-refractivity contribution in [1.82, 2.24) is 5.32 Å². The molecule has 1 fully saturated rings. The number of carbonyl (C=O) groups is 1. The van der Waals surface area contributed by atoms with E-state index in [2.05, 4.69) is 17.2 Å². The van der Waals surface area contributed by atoms with Crippen LogP contribution in [0, 0.1) is 18.8 Å². The van der Waals surface area contributed by atoms with Crippen molar-refractivity contribution in [3.63, 3.8) is 0 Å². The van der Waals surface area contributed by atoms with Gasteiger partial charge in [0.15, 0.2) is 0 Å². The lowest BCUT2D eigenvalue weighted by Gasteiger charge is -2.13. The van der Waals surface area contributed by atoms with Gasteiger partial charge in [0.1, 0.15) is 0 Å². The van der Waals surface area contributed by atoms with Gasteiger partial charge in [0.2, 0.25) is 0 Å². The van der Waals surface area contributed by atoms with Crippen LogP contribution in [0.5, 0.6) is 0 Å². The Morgan fingerprint density at radius 2 is 2.24 bits per heavy atom. The Balaban J connectivity index is 2.07. The van der Waals surface area contributed by atoms with Crippen LogP contribution in [0.15, 0.2) is 18.2 Å². The molecular weight excluding hydrogens is 264 g/mol. The molecular formula is C17H22N2O2. The van der Waals surface area contributed by atoms with Crippen LogP contribution in [0.3, 0.4) is 0 Å². The lowest BCUT2D eigenvalue weighted by molar-refractivity contribution is 0.0915. The van der Waals surface area contributed by atoms with Gasteiger partial charge in [-0.3, -0.25) is 4.79 Å². The predicted molar refractivity (Wildman–Crippen MR) is 83.0 cm³/mol. The molecule has 1 amide bonds. The molecule has 2 rings (SSSR count). The van der Waals surface area contributed by atoms with E-state index >= 15 is 0 Å². The maximum atomic E-state index is 12.3. The molecule has 3 N–H and O–H groups in total. The van der Waals surface area contributed by atoms with Crippen LogP contribution in [0.4, 0.5) is 0 Å². The highest BCUT2D eigenvalue weighted by molar-refractivity contribution is 5.95. The highest BCUT2D eigenvalue weighted by Gasteiger charge is 2.25. The first-order valence-electron chi connectivity index (χ1n) is 7.26. The van der Waals surface area contributed by atoms with Crippen molar-refractivity contribution < 1.29 is 9.53 Å². The number of aryl methyl sites for hydroxylation is 1. The first kappa shape index (κ1) is 15.6. The number of nitrogens with one attached hydrogen (secondary N) is 1. The molecule has 4 nitrogen and oxygen atoms in total. The second-order valence-electron chi connectivity index (χ2n) is 5.43. The van der Waals surface area contributed by atoms with Crippen LogP contribution < -0.4 is 11.1 Å². The summed E-state index contributed by atoms with van der Waals surface area (Å²) < 4.78 is 5.33. The molecule has 0 saturated heterocycles. The van der Waals surface area contributed by atoms with Crippen molar-refractivity contribution in [1.29, 1.82) is 0 Å². The zero-order valence-electron chi connectivity index (χ0n) is 12.6. The van der Waals surface area contributed by atoms with Gasteiger partial charge in [-0.15, -0.1) is 0 Å². The number of hydrogen-bond acceptors (Lipinski definition) is 3. The summed E-state index contributed by atoms with van der Waals surface area (Å²) in [6.45, 7) is 2.27. The first-order valence-corrected chi connectivity index (χ1v) is 7.26. The summed E-state index contributed by atoms with van der Waals surface area (Å²) in [6, 6.07) is 5.84.